The smallest absolute Gasteiger partial charge is 0.410 e. The van der Waals surface area contributed by atoms with Crippen molar-refractivity contribution in [1.82, 2.24) is 4.90 Å². The zero-order valence-corrected chi connectivity index (χ0v) is 38.2. The molecule has 1 amide bonds. The van der Waals surface area contributed by atoms with Crippen LogP contribution in [0.3, 0.4) is 0 Å². The second-order valence-electron chi connectivity index (χ2n) is 17.1. The van der Waals surface area contributed by atoms with E-state index in [-0.39, 0.29) is 63.0 Å². The maximum absolute atomic E-state index is 14.7. The highest BCUT2D eigenvalue weighted by atomic mass is 32.2. The number of allylic oxidation sites excluding steroid dienone is 1. The van der Waals surface area contributed by atoms with E-state index in [0.717, 1.165) is 55.4 Å². The number of halogens is 1. The van der Waals surface area contributed by atoms with Crippen LogP contribution in [0.25, 0.3) is 0 Å². The van der Waals surface area contributed by atoms with Gasteiger partial charge in [-0.15, -0.1) is 24.9 Å². The molecule has 3 aromatic carbocycles. The highest BCUT2D eigenvalue weighted by molar-refractivity contribution is 7.99. The molecule has 1 saturated carbocycles. The number of benzene rings is 3. The zero-order valence-electron chi connectivity index (χ0n) is 37.4. The summed E-state index contributed by atoms with van der Waals surface area (Å²) in [6.07, 6.45) is 12.3. The van der Waals surface area contributed by atoms with Gasteiger partial charge in [-0.3, -0.25) is 4.90 Å². The molecule has 2 N–H and O–H groups in total. The third kappa shape index (κ3) is 12.0. The minimum absolute atomic E-state index is 0.0277. The minimum Gasteiger partial charge on any atom is -0.493 e. The maximum atomic E-state index is 14.7. The van der Waals surface area contributed by atoms with E-state index in [4.69, 9.17) is 33.7 Å². The molecule has 11 nitrogen and oxygen atoms in total. The van der Waals surface area contributed by atoms with Crippen LogP contribution in [0.1, 0.15) is 87.7 Å². The van der Waals surface area contributed by atoms with E-state index in [1.165, 1.54) is 17.0 Å². The summed E-state index contributed by atoms with van der Waals surface area (Å²) in [4.78, 5) is 23.8. The highest BCUT2D eigenvalue weighted by Gasteiger charge is 2.65. The summed E-state index contributed by atoms with van der Waals surface area (Å²) in [6.45, 7) is 9.37. The fourth-order valence-electron chi connectivity index (χ4n) is 9.89. The van der Waals surface area contributed by atoms with Gasteiger partial charge in [-0.05, 0) is 110 Å². The second-order valence-corrected chi connectivity index (χ2v) is 18.3. The SMILES string of the molecule is C=CCCOC(=O)N(Cc1ccc(F)cc1)[C@H]1CC(=NOC2CCCCO2)C2=C[C@H](CCCCO)[C@@H](CCCCO)[C@@H]3c4cc(OCCSc5ccccc5)ccc4O[C@@]1(OCC=C)[C@H]23. The molecular formula is C52H65FN2O9S. The average molecular weight is 913 g/mol. The highest BCUT2D eigenvalue weighted by Crippen LogP contribution is 2.62. The van der Waals surface area contributed by atoms with Crippen LogP contribution in [-0.4, -0.2) is 90.4 Å². The monoisotopic (exact) mass is 912 g/mol. The number of aliphatic hydroxyl groups is 2. The van der Waals surface area contributed by atoms with Gasteiger partial charge in [-0.25, -0.2) is 9.18 Å². The Morgan fingerprint density at radius 2 is 1.77 bits per heavy atom. The van der Waals surface area contributed by atoms with Gasteiger partial charge in [-0.1, -0.05) is 66.6 Å². The molecule has 13 heteroatoms. The summed E-state index contributed by atoms with van der Waals surface area (Å²) in [5.41, 5.74) is 3.21. The van der Waals surface area contributed by atoms with E-state index in [9.17, 15) is 19.4 Å². The number of hydrogen-bond donors (Lipinski definition) is 2. The van der Waals surface area contributed by atoms with E-state index in [1.54, 1.807) is 40.9 Å². The van der Waals surface area contributed by atoms with Gasteiger partial charge in [-0.2, -0.15) is 0 Å². The van der Waals surface area contributed by atoms with Crippen molar-refractivity contribution >= 4 is 23.6 Å². The number of nitrogens with zero attached hydrogens (tertiary/aromatic N) is 2. The van der Waals surface area contributed by atoms with Crippen LogP contribution in [0.5, 0.6) is 11.5 Å². The molecule has 2 aliphatic carbocycles. The van der Waals surface area contributed by atoms with Crippen LogP contribution in [0, 0.1) is 23.6 Å². The molecule has 2 fully saturated rings. The Morgan fingerprint density at radius 1 is 0.969 bits per heavy atom. The lowest BCUT2D eigenvalue weighted by Crippen LogP contribution is -2.70. The third-order valence-corrected chi connectivity index (χ3v) is 13.8. The van der Waals surface area contributed by atoms with Crippen molar-refractivity contribution in [1.29, 1.82) is 0 Å². The van der Waals surface area contributed by atoms with Crippen LogP contribution in [0.2, 0.25) is 0 Å². The Labute approximate surface area is 387 Å². The summed E-state index contributed by atoms with van der Waals surface area (Å²) in [5.74, 6) is -0.504. The number of amides is 1. The number of fused-ring (bicyclic) bond motifs is 2. The van der Waals surface area contributed by atoms with Crippen LogP contribution < -0.4 is 9.47 Å². The molecule has 0 radical (unpaired) electrons. The molecule has 1 saturated heterocycles. The Bertz CT molecular complexity index is 2060. The molecule has 0 bridgehead atoms. The molecule has 7 rings (SSSR count). The molecule has 350 valence electrons. The normalized spacial score (nSPS) is 25.0. The van der Waals surface area contributed by atoms with E-state index >= 15 is 0 Å². The fourth-order valence-corrected chi connectivity index (χ4v) is 10.6. The molecule has 2 aliphatic heterocycles. The topological polar surface area (TPSA) is 129 Å². The lowest BCUT2D eigenvalue weighted by Gasteiger charge is -2.60. The number of oxime groups is 1. The summed E-state index contributed by atoms with van der Waals surface area (Å²) in [5, 5.41) is 24.9. The summed E-state index contributed by atoms with van der Waals surface area (Å²) in [6, 6.07) is 21.5. The maximum Gasteiger partial charge on any atom is 0.410 e. The van der Waals surface area contributed by atoms with Crippen LogP contribution in [-0.2, 0) is 25.6 Å². The molecule has 0 aromatic heterocycles. The number of carbonyl (C=O) groups excluding carboxylic acids is 1. The van der Waals surface area contributed by atoms with Crippen LogP contribution in [0.4, 0.5) is 9.18 Å². The first-order valence-electron chi connectivity index (χ1n) is 23.3. The van der Waals surface area contributed by atoms with Gasteiger partial charge in [0.05, 0.1) is 38.1 Å². The molecule has 7 atom stereocenters. The van der Waals surface area contributed by atoms with Crippen molar-refractivity contribution in [3.05, 3.63) is 127 Å². The molecular weight excluding hydrogens is 848 g/mol. The Hall–Kier alpha value is -4.66. The number of unbranched alkanes of at least 4 members (excludes halogenated alkanes) is 2. The Kier molecular flexibility index (Phi) is 18.0. The van der Waals surface area contributed by atoms with Gasteiger partial charge in [0.2, 0.25) is 12.1 Å². The number of thioether (sulfide) groups is 1. The molecule has 65 heavy (non-hydrogen) atoms. The molecule has 4 aliphatic rings. The van der Waals surface area contributed by atoms with Gasteiger partial charge in [0.1, 0.15) is 23.4 Å². The zero-order chi connectivity index (χ0) is 45.4. The predicted molar refractivity (Wildman–Crippen MR) is 250 cm³/mol. The van der Waals surface area contributed by atoms with Crippen molar-refractivity contribution in [2.24, 2.45) is 22.9 Å². The van der Waals surface area contributed by atoms with Crippen molar-refractivity contribution in [3.63, 3.8) is 0 Å². The fraction of sp³-hybridized carbons (Fsp3) is 0.500. The molecule has 3 aromatic rings. The number of carbonyl (C=O) groups is 1. The van der Waals surface area contributed by atoms with Crippen molar-refractivity contribution < 1.29 is 47.9 Å². The summed E-state index contributed by atoms with van der Waals surface area (Å²) < 4.78 is 47.3. The van der Waals surface area contributed by atoms with Crippen LogP contribution in [0.15, 0.2) is 120 Å². The molecule has 1 unspecified atom stereocenters. The van der Waals surface area contributed by atoms with Crippen LogP contribution >= 0.6 is 11.8 Å². The summed E-state index contributed by atoms with van der Waals surface area (Å²) >= 11 is 1.73. The Morgan fingerprint density at radius 3 is 2.51 bits per heavy atom. The Balaban J connectivity index is 1.39. The van der Waals surface area contributed by atoms with Gasteiger partial charge in [0.25, 0.3) is 0 Å². The van der Waals surface area contributed by atoms with Crippen molar-refractivity contribution in [2.75, 3.05) is 45.4 Å². The number of aliphatic hydroxyl groups excluding tert-OH is 2. The van der Waals surface area contributed by atoms with E-state index < -0.39 is 30.1 Å². The van der Waals surface area contributed by atoms with E-state index in [0.29, 0.717) is 61.7 Å². The molecule has 2 heterocycles. The standard InChI is InChI=1S/C52H65FN2O9S/c1-3-5-29-61-51(58)55(36-37-20-22-39(53)23-21-37)47-35-45(54-64-48-19-11-14-30-60-48)43-33-38(15-9-12-26-56)42(18-10-13-27-57)49-44-34-40(59-31-32-65-41-16-7-6-8-17-41)24-25-46(44)63-52(47,50(43)49)62-28-4-2/h3-4,6-8,16-17,20-25,33-34,38,42,47-50,56-57H,1-2,5,9-15,18-19,26-32,35-36H2/t38-,42+,47-,48?,49+,50+,52+/m0/s1. The van der Waals surface area contributed by atoms with E-state index in [2.05, 4.69) is 37.4 Å². The van der Waals surface area contributed by atoms with Gasteiger partial charge in [0, 0.05) is 54.7 Å². The first-order chi connectivity index (χ1) is 31.9. The first-order valence-corrected chi connectivity index (χ1v) is 24.3. The largest absolute Gasteiger partial charge is 0.493 e. The van der Waals surface area contributed by atoms with Gasteiger partial charge in [0.15, 0.2) is 0 Å². The minimum atomic E-state index is -1.50. The quantitative estimate of drug-likeness (QED) is 0.0388. The molecule has 0 spiro atoms. The number of rotatable bonds is 24. The van der Waals surface area contributed by atoms with Gasteiger partial charge < -0.3 is 38.7 Å². The predicted octanol–water partition coefficient (Wildman–Crippen LogP) is 10.4. The summed E-state index contributed by atoms with van der Waals surface area (Å²) in [7, 11) is 0. The average Bonchev–Trinajstić information content (AvgIpc) is 3.33. The second kappa shape index (κ2) is 24.2. The third-order valence-electron chi connectivity index (χ3n) is 12.9. The first kappa shape index (κ1) is 48.3. The lowest BCUT2D eigenvalue weighted by atomic mass is 9.55. The lowest BCUT2D eigenvalue weighted by molar-refractivity contribution is -0.256. The number of hydrogen-bond acceptors (Lipinski definition) is 11. The van der Waals surface area contributed by atoms with Crippen molar-refractivity contribution in [2.45, 2.75) is 106 Å². The number of ether oxygens (including phenoxy) is 5. The van der Waals surface area contributed by atoms with Crippen molar-refractivity contribution in [3.8, 4) is 11.5 Å². The van der Waals surface area contributed by atoms with Gasteiger partial charge >= 0.3 is 6.09 Å². The van der Waals surface area contributed by atoms with E-state index in [1.807, 2.05) is 30.3 Å².